The molecule has 0 aliphatic carbocycles. The van der Waals surface area contributed by atoms with Gasteiger partial charge in [-0.3, -0.25) is 0 Å². The molecule has 0 N–H and O–H groups in total. The second-order valence-electron chi connectivity index (χ2n) is 6.92. The predicted octanol–water partition coefficient (Wildman–Crippen LogP) is 2.80. The van der Waals surface area contributed by atoms with Crippen LogP contribution in [0.2, 0.25) is 0 Å². The van der Waals surface area contributed by atoms with Gasteiger partial charge in [-0.1, -0.05) is 20.8 Å². The monoisotopic (exact) mass is 273 g/mol. The van der Waals surface area contributed by atoms with Gasteiger partial charge < -0.3 is 4.90 Å². The molecule has 0 spiro atoms. The molecule has 5 heteroatoms. The summed E-state index contributed by atoms with van der Waals surface area (Å²) in [4.78, 5) is 2.41. The lowest BCUT2D eigenvalue weighted by molar-refractivity contribution is 0.525. The van der Waals surface area contributed by atoms with Crippen molar-refractivity contribution in [2.75, 3.05) is 4.90 Å². The number of aromatic nitrogens is 4. The van der Waals surface area contributed by atoms with Crippen LogP contribution in [0.15, 0.2) is 12.1 Å². The quantitative estimate of drug-likeness (QED) is 0.801. The summed E-state index contributed by atoms with van der Waals surface area (Å²) in [5.74, 6) is 1.94. The molecule has 2 aromatic heterocycles. The number of anilines is 1. The summed E-state index contributed by atoms with van der Waals surface area (Å²) in [6.07, 6.45) is 2.46. The smallest absolute Gasteiger partial charge is 0.178 e. The van der Waals surface area contributed by atoms with Crippen LogP contribution < -0.4 is 4.90 Å². The molecule has 0 aromatic carbocycles. The van der Waals surface area contributed by atoms with E-state index >= 15 is 0 Å². The van der Waals surface area contributed by atoms with E-state index in [9.17, 15) is 0 Å². The average Bonchev–Trinajstić information content (AvgIpc) is 2.92. The number of hydrogen-bond donors (Lipinski definition) is 0. The molecule has 5 nitrogen and oxygen atoms in total. The molecule has 1 saturated heterocycles. The maximum absolute atomic E-state index is 4.80. The second kappa shape index (κ2) is 4.43. The van der Waals surface area contributed by atoms with Crippen molar-refractivity contribution >= 4 is 11.5 Å². The molecule has 1 aliphatic heterocycles. The third-order valence-corrected chi connectivity index (χ3v) is 4.14. The molecule has 0 amide bonds. The van der Waals surface area contributed by atoms with Crippen molar-refractivity contribution in [2.24, 2.45) is 0 Å². The van der Waals surface area contributed by atoms with E-state index in [4.69, 9.17) is 5.10 Å². The van der Waals surface area contributed by atoms with Crippen molar-refractivity contribution < 1.29 is 0 Å². The Kier molecular flexibility index (Phi) is 2.96. The first-order chi connectivity index (χ1) is 9.38. The van der Waals surface area contributed by atoms with Gasteiger partial charge in [0.1, 0.15) is 5.82 Å². The Morgan fingerprint density at radius 2 is 1.70 bits per heavy atom. The fourth-order valence-electron chi connectivity index (χ4n) is 3.03. The summed E-state index contributed by atoms with van der Waals surface area (Å²) in [5.41, 5.74) is 0.756. The minimum absolute atomic E-state index is 0.0622. The zero-order chi connectivity index (χ0) is 14.5. The highest BCUT2D eigenvalue weighted by atomic mass is 15.4. The number of fused-ring (bicyclic) bond motifs is 1. The van der Waals surface area contributed by atoms with E-state index < -0.39 is 0 Å². The summed E-state index contributed by atoms with van der Waals surface area (Å²) in [6, 6.07) is 5.17. The van der Waals surface area contributed by atoms with Crippen LogP contribution in [-0.2, 0) is 5.41 Å². The van der Waals surface area contributed by atoms with Crippen LogP contribution >= 0.6 is 0 Å². The number of rotatable bonds is 1. The third kappa shape index (κ3) is 2.05. The van der Waals surface area contributed by atoms with Crippen molar-refractivity contribution in [1.82, 2.24) is 19.8 Å². The lowest BCUT2D eigenvalue weighted by Gasteiger charge is -2.27. The SMILES string of the molecule is CC1CCC(C)N1c1ccc2nnc(C(C)(C)C)n2n1. The van der Waals surface area contributed by atoms with Crippen molar-refractivity contribution in [2.45, 2.75) is 65.0 Å². The van der Waals surface area contributed by atoms with Crippen molar-refractivity contribution in [3.05, 3.63) is 18.0 Å². The first-order valence-corrected chi connectivity index (χ1v) is 7.39. The number of hydrogen-bond acceptors (Lipinski definition) is 4. The zero-order valence-electron chi connectivity index (χ0n) is 13.0. The summed E-state index contributed by atoms with van der Waals surface area (Å²) in [6.45, 7) is 11.0. The van der Waals surface area contributed by atoms with Crippen LogP contribution in [0.3, 0.4) is 0 Å². The maximum atomic E-state index is 4.80. The molecule has 0 radical (unpaired) electrons. The standard InChI is InChI=1S/C15H23N5/c1-10-6-7-11(2)19(10)13-9-8-12-16-17-14(15(3,4)5)20(12)18-13/h8-11H,6-7H2,1-5H3. The lowest BCUT2D eigenvalue weighted by Crippen LogP contribution is -2.33. The van der Waals surface area contributed by atoms with Crippen LogP contribution in [0.25, 0.3) is 5.65 Å². The molecular formula is C15H23N5. The molecule has 3 heterocycles. The van der Waals surface area contributed by atoms with E-state index in [0.717, 1.165) is 17.3 Å². The minimum Gasteiger partial charge on any atom is -0.350 e. The molecule has 108 valence electrons. The van der Waals surface area contributed by atoms with Gasteiger partial charge in [0.25, 0.3) is 0 Å². The van der Waals surface area contributed by atoms with E-state index in [-0.39, 0.29) is 5.41 Å². The summed E-state index contributed by atoms with van der Waals surface area (Å²) >= 11 is 0. The Bertz CT molecular complexity index is 615. The van der Waals surface area contributed by atoms with E-state index in [1.165, 1.54) is 12.8 Å². The molecule has 2 aromatic rings. The van der Waals surface area contributed by atoms with Crippen LogP contribution in [0.1, 0.15) is 53.3 Å². The molecule has 20 heavy (non-hydrogen) atoms. The fraction of sp³-hybridized carbons (Fsp3) is 0.667. The van der Waals surface area contributed by atoms with Crippen molar-refractivity contribution in [1.29, 1.82) is 0 Å². The van der Waals surface area contributed by atoms with Gasteiger partial charge in [-0.2, -0.15) is 4.52 Å². The van der Waals surface area contributed by atoms with E-state index in [1.807, 2.05) is 10.6 Å². The molecule has 0 bridgehead atoms. The molecule has 1 fully saturated rings. The van der Waals surface area contributed by atoms with Gasteiger partial charge in [0.2, 0.25) is 0 Å². The number of nitrogens with zero attached hydrogens (tertiary/aromatic N) is 5. The van der Waals surface area contributed by atoms with Gasteiger partial charge in [-0.15, -0.1) is 15.3 Å². The predicted molar refractivity (Wildman–Crippen MR) is 80.1 cm³/mol. The molecule has 3 rings (SSSR count). The highest BCUT2D eigenvalue weighted by molar-refractivity contribution is 5.48. The molecule has 0 saturated carbocycles. The molecule has 2 atom stereocenters. The van der Waals surface area contributed by atoms with Gasteiger partial charge in [-0.25, -0.2) is 0 Å². The lowest BCUT2D eigenvalue weighted by atomic mass is 9.96. The Morgan fingerprint density at radius 1 is 1.05 bits per heavy atom. The molecule has 1 aliphatic rings. The van der Waals surface area contributed by atoms with Crippen LogP contribution in [0.5, 0.6) is 0 Å². The molecular weight excluding hydrogens is 250 g/mol. The van der Waals surface area contributed by atoms with E-state index in [2.05, 4.69) is 55.8 Å². The second-order valence-corrected chi connectivity index (χ2v) is 6.92. The van der Waals surface area contributed by atoms with Gasteiger partial charge in [-0.05, 0) is 38.8 Å². The maximum Gasteiger partial charge on any atom is 0.178 e. The summed E-state index contributed by atoms with van der Waals surface area (Å²) < 4.78 is 1.90. The van der Waals surface area contributed by atoms with Gasteiger partial charge in [0.15, 0.2) is 11.5 Å². The zero-order valence-corrected chi connectivity index (χ0v) is 13.0. The van der Waals surface area contributed by atoms with Crippen LogP contribution in [-0.4, -0.2) is 31.9 Å². The first-order valence-electron chi connectivity index (χ1n) is 7.39. The largest absolute Gasteiger partial charge is 0.350 e. The van der Waals surface area contributed by atoms with Gasteiger partial charge in [0, 0.05) is 17.5 Å². The highest BCUT2D eigenvalue weighted by Gasteiger charge is 2.29. The Balaban J connectivity index is 2.10. The normalized spacial score (nSPS) is 23.8. The van der Waals surface area contributed by atoms with Crippen molar-refractivity contribution in [3.8, 4) is 0 Å². The van der Waals surface area contributed by atoms with Gasteiger partial charge >= 0.3 is 0 Å². The Labute approximate surface area is 120 Å². The van der Waals surface area contributed by atoms with Crippen molar-refractivity contribution in [3.63, 3.8) is 0 Å². The highest BCUT2D eigenvalue weighted by Crippen LogP contribution is 2.29. The van der Waals surface area contributed by atoms with Gasteiger partial charge in [0.05, 0.1) is 0 Å². The molecule has 2 unspecified atom stereocenters. The average molecular weight is 273 g/mol. The summed E-state index contributed by atoms with van der Waals surface area (Å²) in [5, 5.41) is 13.3. The first kappa shape index (κ1) is 13.3. The van der Waals surface area contributed by atoms with E-state index in [0.29, 0.717) is 12.1 Å². The fourth-order valence-corrected chi connectivity index (χ4v) is 3.03. The summed E-state index contributed by atoms with van der Waals surface area (Å²) in [7, 11) is 0. The van der Waals surface area contributed by atoms with E-state index in [1.54, 1.807) is 0 Å². The Morgan fingerprint density at radius 3 is 2.30 bits per heavy atom. The van der Waals surface area contributed by atoms with Crippen LogP contribution in [0.4, 0.5) is 5.82 Å². The van der Waals surface area contributed by atoms with Crippen LogP contribution in [0, 0.1) is 0 Å². The topological polar surface area (TPSA) is 46.3 Å². The minimum atomic E-state index is -0.0622. The Hall–Kier alpha value is -1.65. The third-order valence-electron chi connectivity index (χ3n) is 4.14.